The minimum Gasteiger partial charge on any atom is -0.469 e. The van der Waals surface area contributed by atoms with Gasteiger partial charge in [-0.15, -0.1) is 0 Å². The lowest BCUT2D eigenvalue weighted by atomic mass is 9.43. The van der Waals surface area contributed by atoms with Gasteiger partial charge in [0.15, 0.2) is 5.78 Å². The van der Waals surface area contributed by atoms with Gasteiger partial charge in [0.05, 0.1) is 19.1 Å². The van der Waals surface area contributed by atoms with Gasteiger partial charge in [-0.05, 0) is 37.3 Å². The molecule has 0 bridgehead atoms. The van der Waals surface area contributed by atoms with Crippen LogP contribution in [0.1, 0.15) is 52.4 Å². The predicted molar refractivity (Wildman–Crippen MR) is 105 cm³/mol. The van der Waals surface area contributed by atoms with Crippen LogP contribution in [-0.2, 0) is 28.6 Å². The number of esters is 2. The summed E-state index contributed by atoms with van der Waals surface area (Å²) in [5, 5.41) is 0. The van der Waals surface area contributed by atoms with Crippen molar-refractivity contribution in [3.63, 3.8) is 0 Å². The van der Waals surface area contributed by atoms with Gasteiger partial charge in [0.25, 0.3) is 0 Å². The first-order valence-electron chi connectivity index (χ1n) is 11.1. The number of carbonyl (C=O) groups excluding carboxylic acids is 3. The number of hydrogen-bond acceptors (Lipinski definition) is 6. The summed E-state index contributed by atoms with van der Waals surface area (Å²) in [6, 6.07) is 0. The lowest BCUT2D eigenvalue weighted by molar-refractivity contribution is -0.168. The van der Waals surface area contributed by atoms with E-state index in [-0.39, 0.29) is 52.4 Å². The molecule has 30 heavy (non-hydrogen) atoms. The number of ketones is 1. The van der Waals surface area contributed by atoms with Crippen molar-refractivity contribution >= 4 is 17.7 Å². The van der Waals surface area contributed by atoms with Gasteiger partial charge < -0.3 is 14.2 Å². The number of rotatable bonds is 1. The number of epoxide rings is 1. The van der Waals surface area contributed by atoms with Crippen molar-refractivity contribution in [2.75, 3.05) is 7.11 Å². The van der Waals surface area contributed by atoms with Crippen molar-refractivity contribution in [3.05, 3.63) is 23.8 Å². The molecule has 4 fully saturated rings. The number of methoxy groups -OCH3 is 1. The third-order valence-corrected chi connectivity index (χ3v) is 9.68. The molecule has 6 nitrogen and oxygen atoms in total. The molecule has 0 radical (unpaired) electrons. The Morgan fingerprint density at radius 3 is 2.70 bits per heavy atom. The Hall–Kier alpha value is -1.95. The molecule has 3 unspecified atom stereocenters. The Bertz CT molecular complexity index is 949. The Labute approximate surface area is 176 Å². The average molecular weight is 412 g/mol. The van der Waals surface area contributed by atoms with Crippen LogP contribution in [0, 0.1) is 28.6 Å². The Kier molecular flexibility index (Phi) is 3.41. The van der Waals surface area contributed by atoms with Crippen molar-refractivity contribution < 1.29 is 28.6 Å². The molecule has 160 valence electrons. The van der Waals surface area contributed by atoms with E-state index in [1.807, 2.05) is 0 Å². The number of fused-ring (bicyclic) bond motifs is 4. The molecule has 6 rings (SSSR count). The molecule has 0 aromatic carbocycles. The number of ether oxygens (including phenoxy) is 3. The maximum Gasteiger partial charge on any atom is 0.309 e. The van der Waals surface area contributed by atoms with E-state index in [2.05, 4.69) is 26.0 Å². The SMILES string of the molecule is COC(=O)C1CC2=CC(=O)CC[C@]2(C)[C@@]23O[C@@H]2C[C@@]2(C)C(C=C[C@@]24CCC(=O)O4)C13. The summed E-state index contributed by atoms with van der Waals surface area (Å²) in [5.74, 6) is -0.618. The molecule has 0 N–H and O–H groups in total. The summed E-state index contributed by atoms with van der Waals surface area (Å²) in [5.41, 5.74) is -0.576. The topological polar surface area (TPSA) is 82.2 Å². The van der Waals surface area contributed by atoms with E-state index in [0.29, 0.717) is 25.7 Å². The molecule has 2 heterocycles. The predicted octanol–water partition coefficient (Wildman–Crippen LogP) is 2.90. The van der Waals surface area contributed by atoms with Crippen LogP contribution in [0.15, 0.2) is 23.8 Å². The van der Waals surface area contributed by atoms with Gasteiger partial charge in [-0.2, -0.15) is 0 Å². The minimum absolute atomic E-state index is 0.00566. The van der Waals surface area contributed by atoms with Gasteiger partial charge in [-0.3, -0.25) is 14.4 Å². The summed E-state index contributed by atoms with van der Waals surface area (Å²) in [6.45, 7) is 4.42. The van der Waals surface area contributed by atoms with E-state index >= 15 is 0 Å². The first-order chi connectivity index (χ1) is 14.2. The van der Waals surface area contributed by atoms with Crippen LogP contribution >= 0.6 is 0 Å². The first kappa shape index (κ1) is 18.8. The fourth-order valence-electron chi connectivity index (χ4n) is 8.06. The zero-order chi connectivity index (χ0) is 21.1. The molecule has 0 aromatic rings. The van der Waals surface area contributed by atoms with Crippen molar-refractivity contribution in [2.45, 2.75) is 69.7 Å². The third kappa shape index (κ3) is 1.89. The third-order valence-electron chi connectivity index (χ3n) is 9.68. The van der Waals surface area contributed by atoms with Crippen LogP contribution in [0.3, 0.4) is 0 Å². The highest BCUT2D eigenvalue weighted by Gasteiger charge is 2.82. The normalized spacial score (nSPS) is 52.7. The molecule has 6 heteroatoms. The second kappa shape index (κ2) is 5.45. The highest BCUT2D eigenvalue weighted by atomic mass is 16.6. The molecule has 2 aliphatic heterocycles. The maximum absolute atomic E-state index is 13.0. The highest BCUT2D eigenvalue weighted by molar-refractivity contribution is 5.92. The fourth-order valence-corrected chi connectivity index (χ4v) is 8.06. The van der Waals surface area contributed by atoms with Gasteiger partial charge in [-0.25, -0.2) is 0 Å². The van der Waals surface area contributed by atoms with E-state index in [0.717, 1.165) is 18.4 Å². The Morgan fingerprint density at radius 2 is 2.00 bits per heavy atom. The van der Waals surface area contributed by atoms with Crippen LogP contribution in [-0.4, -0.2) is 42.1 Å². The van der Waals surface area contributed by atoms with Gasteiger partial charge in [0.1, 0.15) is 11.2 Å². The molecule has 2 saturated carbocycles. The lowest BCUT2D eigenvalue weighted by Gasteiger charge is -2.58. The standard InChI is InChI=1S/C24H28O6/c1-21-7-4-14(25)10-13(21)11-15(20(27)28-3)19-16-5-8-23(9-6-18(26)30-23)22(16,2)12-17-24(19,21)29-17/h5,8,10,15-17,19H,4,6-7,9,11-12H2,1-3H3/t15?,16?,17-,19?,21+,22+,23-,24-/m1/s1. The summed E-state index contributed by atoms with van der Waals surface area (Å²) < 4.78 is 17.8. The van der Waals surface area contributed by atoms with E-state index in [1.165, 1.54) is 7.11 Å². The Morgan fingerprint density at radius 1 is 1.20 bits per heavy atom. The van der Waals surface area contributed by atoms with Crippen LogP contribution in [0.5, 0.6) is 0 Å². The Balaban J connectivity index is 1.50. The number of hydrogen-bond donors (Lipinski definition) is 0. The quantitative estimate of drug-likeness (QED) is 0.374. The van der Waals surface area contributed by atoms with Crippen molar-refractivity contribution in [2.24, 2.45) is 28.6 Å². The van der Waals surface area contributed by atoms with E-state index in [9.17, 15) is 14.4 Å². The molecule has 4 aliphatic carbocycles. The largest absolute Gasteiger partial charge is 0.469 e. The van der Waals surface area contributed by atoms with Crippen molar-refractivity contribution in [3.8, 4) is 0 Å². The van der Waals surface area contributed by atoms with Crippen LogP contribution in [0.25, 0.3) is 0 Å². The minimum atomic E-state index is -0.604. The zero-order valence-corrected chi connectivity index (χ0v) is 17.7. The number of carbonyl (C=O) groups is 3. The van der Waals surface area contributed by atoms with Gasteiger partial charge >= 0.3 is 11.9 Å². The van der Waals surface area contributed by atoms with Crippen molar-refractivity contribution in [1.29, 1.82) is 0 Å². The molecule has 2 spiro atoms. The molecule has 6 aliphatic rings. The highest BCUT2D eigenvalue weighted by Crippen LogP contribution is 2.77. The molecule has 0 aromatic heterocycles. The maximum atomic E-state index is 13.0. The average Bonchev–Trinajstić information content (AvgIpc) is 3.20. The van der Waals surface area contributed by atoms with Crippen LogP contribution in [0.4, 0.5) is 0 Å². The molecule has 0 amide bonds. The van der Waals surface area contributed by atoms with E-state index in [1.54, 1.807) is 6.08 Å². The number of allylic oxidation sites excluding steroid dienone is 2. The fraction of sp³-hybridized carbons (Fsp3) is 0.708. The summed E-state index contributed by atoms with van der Waals surface area (Å²) in [4.78, 5) is 37.3. The molecule has 2 saturated heterocycles. The van der Waals surface area contributed by atoms with Gasteiger partial charge in [0.2, 0.25) is 0 Å². The monoisotopic (exact) mass is 412 g/mol. The molecule has 8 atom stereocenters. The van der Waals surface area contributed by atoms with Crippen molar-refractivity contribution in [1.82, 2.24) is 0 Å². The lowest BCUT2D eigenvalue weighted by Crippen LogP contribution is -2.63. The summed E-state index contributed by atoms with van der Waals surface area (Å²) >= 11 is 0. The zero-order valence-electron chi connectivity index (χ0n) is 17.7. The van der Waals surface area contributed by atoms with Crippen LogP contribution < -0.4 is 0 Å². The van der Waals surface area contributed by atoms with E-state index < -0.39 is 11.2 Å². The van der Waals surface area contributed by atoms with E-state index in [4.69, 9.17) is 14.2 Å². The molecular weight excluding hydrogens is 384 g/mol. The van der Waals surface area contributed by atoms with Gasteiger partial charge in [0, 0.05) is 36.0 Å². The second-order valence-corrected chi connectivity index (χ2v) is 10.6. The smallest absolute Gasteiger partial charge is 0.309 e. The second-order valence-electron chi connectivity index (χ2n) is 10.6. The first-order valence-corrected chi connectivity index (χ1v) is 11.1. The summed E-state index contributed by atoms with van der Waals surface area (Å²) in [6.07, 6.45) is 9.75. The molecular formula is C24H28O6. The van der Waals surface area contributed by atoms with Crippen LogP contribution in [0.2, 0.25) is 0 Å². The summed E-state index contributed by atoms with van der Waals surface area (Å²) in [7, 11) is 1.43. The van der Waals surface area contributed by atoms with Gasteiger partial charge in [-0.1, -0.05) is 25.5 Å².